The number of nitrogens with zero attached hydrogens (tertiary/aromatic N) is 3. The van der Waals surface area contributed by atoms with Crippen LogP contribution in [0.1, 0.15) is 0 Å². The average molecular weight is 387 g/mol. The maximum atomic E-state index is 4.18. The summed E-state index contributed by atoms with van der Waals surface area (Å²) in [6.07, 6.45) is 5.42. The first-order valence-electron chi connectivity index (χ1n) is 9.79. The van der Waals surface area contributed by atoms with E-state index in [9.17, 15) is 0 Å². The third-order valence-electron chi connectivity index (χ3n) is 4.54. The number of rotatable bonds is 0. The van der Waals surface area contributed by atoms with Gasteiger partial charge in [-0.05, 0) is 36.4 Å². The molecule has 3 nitrogen and oxygen atoms in total. The van der Waals surface area contributed by atoms with Crippen LogP contribution in [-0.4, -0.2) is 15.0 Å². The first kappa shape index (κ1) is 19.2. The molecule has 144 valence electrons. The van der Waals surface area contributed by atoms with Crippen LogP contribution >= 0.6 is 0 Å². The Morgan fingerprint density at radius 3 is 0.867 bits per heavy atom. The summed E-state index contributed by atoms with van der Waals surface area (Å²) in [5.41, 5.74) is 3.18. The molecule has 0 N–H and O–H groups in total. The highest BCUT2D eigenvalue weighted by molar-refractivity contribution is 5.79. The Balaban J connectivity index is 0.000000109. The second-order valence-corrected chi connectivity index (χ2v) is 6.59. The molecule has 0 aliphatic carbocycles. The zero-order chi connectivity index (χ0) is 20.4. The van der Waals surface area contributed by atoms with Crippen LogP contribution in [0.5, 0.6) is 0 Å². The smallest absolute Gasteiger partial charge is 0.0701 e. The highest BCUT2D eigenvalue weighted by atomic mass is 14.6. The lowest BCUT2D eigenvalue weighted by molar-refractivity contribution is 1.41. The molecule has 0 aliphatic rings. The van der Waals surface area contributed by atoms with Gasteiger partial charge in [-0.3, -0.25) is 15.0 Å². The summed E-state index contributed by atoms with van der Waals surface area (Å²) in [7, 11) is 0. The van der Waals surface area contributed by atoms with Crippen molar-refractivity contribution in [3.63, 3.8) is 0 Å². The van der Waals surface area contributed by atoms with E-state index in [2.05, 4.69) is 51.4 Å². The number of hydrogen-bond acceptors (Lipinski definition) is 3. The van der Waals surface area contributed by atoms with E-state index in [4.69, 9.17) is 0 Å². The van der Waals surface area contributed by atoms with Crippen LogP contribution < -0.4 is 0 Å². The van der Waals surface area contributed by atoms with Gasteiger partial charge in [-0.25, -0.2) is 0 Å². The van der Waals surface area contributed by atoms with Crippen LogP contribution in [-0.2, 0) is 0 Å². The molecule has 0 atom stereocenters. The Morgan fingerprint density at radius 2 is 0.567 bits per heavy atom. The van der Waals surface area contributed by atoms with Crippen LogP contribution in [0.4, 0.5) is 0 Å². The minimum Gasteiger partial charge on any atom is -0.256 e. The monoisotopic (exact) mass is 387 g/mol. The van der Waals surface area contributed by atoms with Crippen molar-refractivity contribution in [2.24, 2.45) is 0 Å². The van der Waals surface area contributed by atoms with Gasteiger partial charge in [-0.15, -0.1) is 0 Å². The zero-order valence-electron chi connectivity index (χ0n) is 16.5. The van der Waals surface area contributed by atoms with Crippen LogP contribution in [0.25, 0.3) is 32.7 Å². The Hall–Kier alpha value is -4.11. The molecule has 0 unspecified atom stereocenters. The summed E-state index contributed by atoms with van der Waals surface area (Å²) in [5, 5.41) is 3.60. The second-order valence-electron chi connectivity index (χ2n) is 6.59. The maximum absolute atomic E-state index is 4.18. The molecule has 3 heterocycles. The van der Waals surface area contributed by atoms with E-state index >= 15 is 0 Å². The van der Waals surface area contributed by atoms with Crippen molar-refractivity contribution in [1.82, 2.24) is 15.0 Å². The Labute approximate surface area is 175 Å². The van der Waals surface area contributed by atoms with Crippen LogP contribution in [0.3, 0.4) is 0 Å². The lowest BCUT2D eigenvalue weighted by atomic mass is 10.2. The zero-order valence-corrected chi connectivity index (χ0v) is 16.5. The first-order valence-corrected chi connectivity index (χ1v) is 9.79. The molecule has 3 heteroatoms. The molecule has 6 aromatic rings. The number of aromatic nitrogens is 3. The van der Waals surface area contributed by atoms with Crippen molar-refractivity contribution in [3.05, 3.63) is 128 Å². The normalized spacial score (nSPS) is 10.0. The molecule has 0 aliphatic heterocycles. The van der Waals surface area contributed by atoms with Crippen LogP contribution in [0, 0.1) is 0 Å². The number of pyridine rings is 3. The quantitative estimate of drug-likeness (QED) is 0.291. The van der Waals surface area contributed by atoms with E-state index in [0.29, 0.717) is 0 Å². The number of benzene rings is 3. The number of para-hydroxylation sites is 3. The van der Waals surface area contributed by atoms with E-state index in [1.165, 1.54) is 16.2 Å². The lowest BCUT2D eigenvalue weighted by Gasteiger charge is -1.91. The van der Waals surface area contributed by atoms with Crippen LogP contribution in [0.2, 0.25) is 0 Å². The van der Waals surface area contributed by atoms with E-state index in [-0.39, 0.29) is 0 Å². The van der Waals surface area contributed by atoms with Crippen molar-refractivity contribution in [1.29, 1.82) is 0 Å². The van der Waals surface area contributed by atoms with E-state index < -0.39 is 0 Å². The predicted molar refractivity (Wildman–Crippen MR) is 125 cm³/mol. The van der Waals surface area contributed by atoms with Gasteiger partial charge in [-0.1, -0.05) is 72.8 Å². The molecule has 0 amide bonds. The van der Waals surface area contributed by atoms with Gasteiger partial charge in [0.25, 0.3) is 0 Å². The molecular weight excluding hydrogens is 366 g/mol. The highest BCUT2D eigenvalue weighted by Gasteiger charge is 1.88. The molecule has 3 aromatic heterocycles. The summed E-state index contributed by atoms with van der Waals surface area (Å²) >= 11 is 0. The number of hydrogen-bond donors (Lipinski definition) is 0. The van der Waals surface area contributed by atoms with Crippen molar-refractivity contribution >= 4 is 32.7 Å². The molecule has 0 saturated heterocycles. The third-order valence-corrected chi connectivity index (χ3v) is 4.54. The van der Waals surface area contributed by atoms with Crippen molar-refractivity contribution in [2.45, 2.75) is 0 Å². The molecule has 30 heavy (non-hydrogen) atoms. The number of fused-ring (bicyclic) bond motifs is 3. The van der Waals surface area contributed by atoms with Gasteiger partial charge < -0.3 is 0 Å². The fourth-order valence-corrected chi connectivity index (χ4v) is 3.05. The topological polar surface area (TPSA) is 38.7 Å². The minimum atomic E-state index is 1.06. The third kappa shape index (κ3) is 5.03. The van der Waals surface area contributed by atoms with E-state index in [1.54, 1.807) is 0 Å². The van der Waals surface area contributed by atoms with Gasteiger partial charge in [-0.2, -0.15) is 0 Å². The molecule has 0 radical (unpaired) electrons. The molecule has 0 bridgehead atoms. The van der Waals surface area contributed by atoms with E-state index in [1.807, 2.05) is 91.4 Å². The van der Waals surface area contributed by atoms with Crippen molar-refractivity contribution in [3.8, 4) is 0 Å². The van der Waals surface area contributed by atoms with Gasteiger partial charge in [0.1, 0.15) is 0 Å². The standard InChI is InChI=1S/3C9H7N/c3*1-2-6-9-8(4-1)5-3-7-10-9/h3*1-7H. The molecule has 0 saturated carbocycles. The van der Waals surface area contributed by atoms with Gasteiger partial charge in [0.05, 0.1) is 16.6 Å². The molecule has 3 aromatic carbocycles. The second kappa shape index (κ2) is 9.89. The summed E-state index contributed by atoms with van der Waals surface area (Å²) < 4.78 is 0. The minimum absolute atomic E-state index is 1.06. The lowest BCUT2D eigenvalue weighted by Crippen LogP contribution is -1.73. The Bertz CT molecular complexity index is 997. The predicted octanol–water partition coefficient (Wildman–Crippen LogP) is 6.70. The Kier molecular flexibility index (Phi) is 6.34. The molecule has 0 spiro atoms. The average Bonchev–Trinajstić information content (AvgIpc) is 2.85. The van der Waals surface area contributed by atoms with Crippen molar-refractivity contribution < 1.29 is 0 Å². The summed E-state index contributed by atoms with van der Waals surface area (Å²) in [5.74, 6) is 0. The summed E-state index contributed by atoms with van der Waals surface area (Å²) in [6.45, 7) is 0. The fourth-order valence-electron chi connectivity index (χ4n) is 3.05. The van der Waals surface area contributed by atoms with E-state index in [0.717, 1.165) is 16.6 Å². The molecule has 0 fully saturated rings. The summed E-state index contributed by atoms with van der Waals surface area (Å²) in [4.78, 5) is 12.5. The SMILES string of the molecule is c1ccc2ncccc2c1.c1ccc2ncccc2c1.c1ccc2ncccc2c1. The van der Waals surface area contributed by atoms with Crippen LogP contribution in [0.15, 0.2) is 128 Å². The van der Waals surface area contributed by atoms with Gasteiger partial charge >= 0.3 is 0 Å². The summed E-state index contributed by atoms with van der Waals surface area (Å²) in [6, 6.07) is 36.3. The first-order chi connectivity index (χ1) is 14.9. The highest BCUT2D eigenvalue weighted by Crippen LogP contribution is 2.09. The molecule has 6 rings (SSSR count). The van der Waals surface area contributed by atoms with Gasteiger partial charge in [0, 0.05) is 34.7 Å². The molecular formula is C27H21N3. The van der Waals surface area contributed by atoms with Gasteiger partial charge in [0.15, 0.2) is 0 Å². The largest absolute Gasteiger partial charge is 0.256 e. The fraction of sp³-hybridized carbons (Fsp3) is 0. The Morgan fingerprint density at radius 1 is 0.300 bits per heavy atom. The maximum Gasteiger partial charge on any atom is 0.0701 e. The van der Waals surface area contributed by atoms with Gasteiger partial charge in [0.2, 0.25) is 0 Å². The van der Waals surface area contributed by atoms with Crippen molar-refractivity contribution in [2.75, 3.05) is 0 Å².